The first kappa shape index (κ1) is 50.6. The van der Waals surface area contributed by atoms with Crippen molar-refractivity contribution in [1.29, 1.82) is 0 Å². The van der Waals surface area contributed by atoms with Crippen LogP contribution in [0.3, 0.4) is 0 Å². The summed E-state index contributed by atoms with van der Waals surface area (Å²) >= 11 is 0. The number of aliphatic hydroxyl groups is 5. The van der Waals surface area contributed by atoms with E-state index in [1.165, 1.54) is 83.5 Å². The molecule has 0 heterocycles. The van der Waals surface area contributed by atoms with E-state index in [-0.39, 0.29) is 12.8 Å². The molecule has 1 aliphatic rings. The maximum absolute atomic E-state index is 12.8. The van der Waals surface area contributed by atoms with Crippen molar-refractivity contribution in [2.24, 2.45) is 0 Å². The number of carbonyl (C=O) groups excluding carboxylic acids is 2. The van der Waals surface area contributed by atoms with E-state index in [1.807, 2.05) is 0 Å². The van der Waals surface area contributed by atoms with Crippen LogP contribution in [0, 0.1) is 0 Å². The molecule has 0 radical (unpaired) electrons. The second kappa shape index (κ2) is 31.6. The Kier molecular flexibility index (Phi) is 29.7. The van der Waals surface area contributed by atoms with Gasteiger partial charge in [0.05, 0.1) is 6.61 Å². The standard InChI is InChI=1S/C40H75O13P/c1-3-5-7-9-11-13-15-16-17-18-19-21-23-25-27-29-34(42)52-32(30-50-33(41)28-26-24-22-20-14-12-10-8-6-4-2)31-51-54(48,49)53-40-38(46)36(44)35(43)37(45)39(40)47/h9,11,32,35-40,43-47H,3-8,10,12-31H2,1-2H3,(H,48,49)/b11-9+/t32-,35?,36-,37?,38?,39?,40?/m1/s1. The van der Waals surface area contributed by atoms with Crippen molar-refractivity contribution in [2.45, 2.75) is 217 Å². The van der Waals surface area contributed by atoms with Gasteiger partial charge in [0, 0.05) is 12.8 Å². The van der Waals surface area contributed by atoms with E-state index < -0.39 is 75.7 Å². The highest BCUT2D eigenvalue weighted by molar-refractivity contribution is 7.47. The third-order valence-corrected chi connectivity index (χ3v) is 10.8. The first-order chi connectivity index (χ1) is 25.9. The van der Waals surface area contributed by atoms with Crippen LogP contribution in [0.25, 0.3) is 0 Å². The van der Waals surface area contributed by atoms with Crippen molar-refractivity contribution in [3.05, 3.63) is 12.2 Å². The van der Waals surface area contributed by atoms with Crippen LogP contribution in [0.4, 0.5) is 0 Å². The third-order valence-electron chi connectivity index (χ3n) is 9.86. The monoisotopic (exact) mass is 794 g/mol. The smallest absolute Gasteiger partial charge is 0.462 e. The molecule has 14 heteroatoms. The highest BCUT2D eigenvalue weighted by atomic mass is 31.2. The largest absolute Gasteiger partial charge is 0.472 e. The summed E-state index contributed by atoms with van der Waals surface area (Å²) in [6, 6.07) is 0. The van der Waals surface area contributed by atoms with Gasteiger partial charge >= 0.3 is 19.8 Å². The predicted octanol–water partition coefficient (Wildman–Crippen LogP) is 7.11. The number of carbonyl (C=O) groups is 2. The van der Waals surface area contributed by atoms with Crippen LogP contribution in [0.1, 0.15) is 174 Å². The molecule has 0 aromatic rings. The summed E-state index contributed by atoms with van der Waals surface area (Å²) in [5.74, 6) is -1.10. The number of phosphoric ester groups is 1. The molecule has 318 valence electrons. The number of esters is 2. The number of aliphatic hydroxyl groups excluding tert-OH is 5. The number of phosphoric acid groups is 1. The van der Waals surface area contributed by atoms with Gasteiger partial charge < -0.3 is 39.9 Å². The molecule has 0 spiro atoms. The summed E-state index contributed by atoms with van der Waals surface area (Å²) in [6.45, 7) is 3.24. The topological polar surface area (TPSA) is 210 Å². The van der Waals surface area contributed by atoms with Crippen molar-refractivity contribution < 1.29 is 63.1 Å². The molecule has 0 aliphatic heterocycles. The summed E-state index contributed by atoms with van der Waals surface area (Å²) < 4.78 is 33.4. The zero-order valence-electron chi connectivity index (χ0n) is 33.3. The molecule has 0 saturated heterocycles. The van der Waals surface area contributed by atoms with Crippen LogP contribution in [-0.4, -0.2) is 98.3 Å². The van der Waals surface area contributed by atoms with E-state index in [9.17, 15) is 44.6 Å². The Morgan fingerprint density at radius 2 is 0.963 bits per heavy atom. The van der Waals surface area contributed by atoms with Gasteiger partial charge in [0.15, 0.2) is 6.10 Å². The molecule has 1 saturated carbocycles. The first-order valence-corrected chi connectivity index (χ1v) is 22.5. The van der Waals surface area contributed by atoms with Gasteiger partial charge in [-0.15, -0.1) is 0 Å². The van der Waals surface area contributed by atoms with Gasteiger partial charge in [-0.1, -0.05) is 142 Å². The summed E-state index contributed by atoms with van der Waals surface area (Å²) in [6.07, 6.45) is 17.1. The van der Waals surface area contributed by atoms with Crippen molar-refractivity contribution in [3.8, 4) is 0 Å². The van der Waals surface area contributed by atoms with Gasteiger partial charge in [0.25, 0.3) is 0 Å². The van der Waals surface area contributed by atoms with Crippen LogP contribution in [0.15, 0.2) is 12.2 Å². The van der Waals surface area contributed by atoms with E-state index in [0.717, 1.165) is 51.4 Å². The van der Waals surface area contributed by atoms with Crippen molar-refractivity contribution in [2.75, 3.05) is 13.2 Å². The van der Waals surface area contributed by atoms with Crippen LogP contribution in [-0.2, 0) is 32.7 Å². The molecule has 8 atom stereocenters. The quantitative estimate of drug-likeness (QED) is 0.0166. The minimum atomic E-state index is -5.10. The summed E-state index contributed by atoms with van der Waals surface area (Å²) in [5.41, 5.74) is 0. The summed E-state index contributed by atoms with van der Waals surface area (Å²) in [4.78, 5) is 35.5. The normalized spacial score (nSPS) is 23.3. The highest BCUT2D eigenvalue weighted by Gasteiger charge is 2.51. The zero-order chi connectivity index (χ0) is 40.0. The van der Waals surface area contributed by atoms with Crippen LogP contribution >= 0.6 is 7.82 Å². The maximum atomic E-state index is 12.8. The molecule has 0 bridgehead atoms. The Labute approximate surface area is 324 Å². The second-order valence-electron chi connectivity index (χ2n) is 14.8. The third kappa shape index (κ3) is 24.3. The molecular formula is C40H75O13P. The number of unbranched alkanes of at least 4 members (excludes halogenated alkanes) is 20. The summed E-state index contributed by atoms with van der Waals surface area (Å²) in [7, 11) is -5.10. The predicted molar refractivity (Wildman–Crippen MR) is 207 cm³/mol. The first-order valence-electron chi connectivity index (χ1n) is 21.0. The van der Waals surface area contributed by atoms with E-state index in [2.05, 4.69) is 26.0 Å². The average molecular weight is 795 g/mol. The van der Waals surface area contributed by atoms with Crippen LogP contribution in [0.5, 0.6) is 0 Å². The van der Waals surface area contributed by atoms with Gasteiger partial charge in [-0.2, -0.15) is 0 Å². The Hall–Kier alpha value is -1.41. The fourth-order valence-electron chi connectivity index (χ4n) is 6.39. The highest BCUT2D eigenvalue weighted by Crippen LogP contribution is 2.47. The minimum Gasteiger partial charge on any atom is -0.462 e. The van der Waals surface area contributed by atoms with Gasteiger partial charge in [-0.05, 0) is 32.1 Å². The molecule has 0 aromatic carbocycles. The lowest BCUT2D eigenvalue weighted by atomic mass is 9.85. The lowest BCUT2D eigenvalue weighted by Gasteiger charge is -2.41. The van der Waals surface area contributed by atoms with Crippen LogP contribution < -0.4 is 0 Å². The lowest BCUT2D eigenvalue weighted by molar-refractivity contribution is -0.220. The number of hydrogen-bond donors (Lipinski definition) is 6. The Balaban J connectivity index is 2.50. The van der Waals surface area contributed by atoms with Crippen molar-refractivity contribution in [3.63, 3.8) is 0 Å². The average Bonchev–Trinajstić information content (AvgIpc) is 3.15. The Bertz CT molecular complexity index is 1010. The SMILES string of the molecule is CCCC/C=C/CCCCCCCCCCCC(=O)O[C@H](COC(=O)CCCCCCCCCCCC)COP(=O)(O)OC1C(O)C(O)C(O)[C@@H](O)C1O. The summed E-state index contributed by atoms with van der Waals surface area (Å²) in [5, 5.41) is 50.0. The molecule has 6 N–H and O–H groups in total. The number of allylic oxidation sites excluding steroid dienone is 2. The van der Waals surface area contributed by atoms with Gasteiger partial charge in [-0.3, -0.25) is 18.6 Å². The fraction of sp³-hybridized carbons (Fsp3) is 0.900. The van der Waals surface area contributed by atoms with E-state index >= 15 is 0 Å². The molecular weight excluding hydrogens is 719 g/mol. The molecule has 13 nitrogen and oxygen atoms in total. The minimum absolute atomic E-state index is 0.0979. The molecule has 0 amide bonds. The van der Waals surface area contributed by atoms with Gasteiger partial charge in [0.2, 0.25) is 0 Å². The van der Waals surface area contributed by atoms with E-state index in [0.29, 0.717) is 12.8 Å². The Morgan fingerprint density at radius 3 is 1.46 bits per heavy atom. The van der Waals surface area contributed by atoms with Gasteiger partial charge in [-0.25, -0.2) is 4.57 Å². The zero-order valence-corrected chi connectivity index (χ0v) is 34.2. The number of rotatable bonds is 34. The molecule has 54 heavy (non-hydrogen) atoms. The Morgan fingerprint density at radius 1 is 0.556 bits per heavy atom. The van der Waals surface area contributed by atoms with Gasteiger partial charge in [0.1, 0.15) is 43.2 Å². The lowest BCUT2D eigenvalue weighted by Crippen LogP contribution is -2.64. The van der Waals surface area contributed by atoms with E-state index in [1.54, 1.807) is 0 Å². The second-order valence-corrected chi connectivity index (χ2v) is 16.3. The molecule has 0 aromatic heterocycles. The number of hydrogen-bond acceptors (Lipinski definition) is 12. The van der Waals surface area contributed by atoms with Crippen molar-refractivity contribution >= 4 is 19.8 Å². The molecule has 1 rings (SSSR count). The molecule has 1 aliphatic carbocycles. The fourth-order valence-corrected chi connectivity index (χ4v) is 7.36. The maximum Gasteiger partial charge on any atom is 0.472 e. The van der Waals surface area contributed by atoms with Crippen LogP contribution in [0.2, 0.25) is 0 Å². The van der Waals surface area contributed by atoms with E-state index in [4.69, 9.17) is 18.5 Å². The van der Waals surface area contributed by atoms with Crippen molar-refractivity contribution in [1.82, 2.24) is 0 Å². The number of ether oxygens (including phenoxy) is 2. The molecule has 6 unspecified atom stereocenters. The molecule has 1 fully saturated rings.